The van der Waals surface area contributed by atoms with E-state index in [1.165, 1.54) is 25.7 Å². The molecule has 2 N–H and O–H groups in total. The molecule has 1 aliphatic heterocycles. The summed E-state index contributed by atoms with van der Waals surface area (Å²) in [5.74, 6) is 0.950. The monoisotopic (exact) mass is 360 g/mol. The zero-order chi connectivity index (χ0) is 18.1. The van der Waals surface area contributed by atoms with Crippen LogP contribution in [0, 0.1) is 5.41 Å². The molecular formula is C21H24N6. The second-order valence-electron chi connectivity index (χ2n) is 8.80. The third-order valence-corrected chi connectivity index (χ3v) is 6.80. The lowest BCUT2D eigenvalue weighted by Crippen LogP contribution is -2.29. The van der Waals surface area contributed by atoms with Crippen molar-refractivity contribution in [2.24, 2.45) is 5.41 Å². The molecule has 0 amide bonds. The van der Waals surface area contributed by atoms with Gasteiger partial charge < -0.3 is 10.6 Å². The van der Waals surface area contributed by atoms with Gasteiger partial charge in [0.1, 0.15) is 5.82 Å². The van der Waals surface area contributed by atoms with Crippen molar-refractivity contribution in [3.63, 3.8) is 0 Å². The Morgan fingerprint density at radius 2 is 2.04 bits per heavy atom. The van der Waals surface area contributed by atoms with Crippen LogP contribution in [0.3, 0.4) is 0 Å². The Hall–Kier alpha value is -2.47. The summed E-state index contributed by atoms with van der Waals surface area (Å²) in [4.78, 5) is 14.1. The molecular weight excluding hydrogens is 336 g/mol. The standard InChI is InChI=1S/C21H24N6/c1-20(5-6-20)17-12-27-15(9-24-19(27)11-23-17)14-3-2-4-18(25-14)26-16-10-22-13-21(16)7-8-21/h2-4,9,11-12,16,22H,5-8,10,13H2,1H3,(H,25,26)/t16-/m0/s1. The molecule has 1 atom stereocenters. The van der Waals surface area contributed by atoms with E-state index in [4.69, 9.17) is 4.98 Å². The number of anilines is 1. The van der Waals surface area contributed by atoms with Gasteiger partial charge in [0.15, 0.2) is 5.65 Å². The molecule has 1 saturated heterocycles. The number of nitrogens with one attached hydrogen (secondary N) is 2. The minimum absolute atomic E-state index is 0.237. The number of hydrogen-bond donors (Lipinski definition) is 2. The Kier molecular flexibility index (Phi) is 3.05. The number of nitrogens with zero attached hydrogens (tertiary/aromatic N) is 4. The Bertz CT molecular complexity index is 1030. The fourth-order valence-electron chi connectivity index (χ4n) is 4.37. The summed E-state index contributed by atoms with van der Waals surface area (Å²) >= 11 is 0. The molecule has 6 nitrogen and oxygen atoms in total. The lowest BCUT2D eigenvalue weighted by Gasteiger charge is -2.19. The fourth-order valence-corrected chi connectivity index (χ4v) is 4.37. The van der Waals surface area contributed by atoms with Gasteiger partial charge in [0.25, 0.3) is 0 Å². The summed E-state index contributed by atoms with van der Waals surface area (Å²) in [7, 11) is 0. The molecule has 6 rings (SSSR count). The lowest BCUT2D eigenvalue weighted by atomic mass is 10.0. The Balaban J connectivity index is 1.35. The average molecular weight is 360 g/mol. The number of pyridine rings is 1. The summed E-state index contributed by atoms with van der Waals surface area (Å²) in [6.45, 7) is 4.44. The molecule has 27 heavy (non-hydrogen) atoms. The van der Waals surface area contributed by atoms with Crippen LogP contribution >= 0.6 is 0 Å². The maximum Gasteiger partial charge on any atom is 0.155 e. The van der Waals surface area contributed by atoms with Gasteiger partial charge in [-0.2, -0.15) is 0 Å². The molecule has 138 valence electrons. The van der Waals surface area contributed by atoms with Crippen LogP contribution in [0.2, 0.25) is 0 Å². The van der Waals surface area contributed by atoms with E-state index >= 15 is 0 Å². The summed E-state index contributed by atoms with van der Waals surface area (Å²) in [6, 6.07) is 6.69. The molecule has 2 saturated carbocycles. The first kappa shape index (κ1) is 15.6. The maximum atomic E-state index is 4.91. The molecule has 3 fully saturated rings. The summed E-state index contributed by atoms with van der Waals surface area (Å²) < 4.78 is 2.14. The molecule has 6 heteroatoms. The Morgan fingerprint density at radius 1 is 1.15 bits per heavy atom. The molecule has 3 aliphatic rings. The molecule has 0 radical (unpaired) electrons. The van der Waals surface area contributed by atoms with E-state index in [1.54, 1.807) is 0 Å². The van der Waals surface area contributed by atoms with Gasteiger partial charge in [-0.05, 0) is 37.8 Å². The smallest absolute Gasteiger partial charge is 0.155 e. The van der Waals surface area contributed by atoms with Crippen LogP contribution in [0.25, 0.3) is 17.0 Å². The first-order chi connectivity index (χ1) is 13.2. The van der Waals surface area contributed by atoms with E-state index in [0.717, 1.165) is 41.6 Å². The molecule has 0 bridgehead atoms. The van der Waals surface area contributed by atoms with Crippen molar-refractivity contribution in [3.8, 4) is 11.4 Å². The summed E-state index contributed by atoms with van der Waals surface area (Å²) in [5.41, 5.74) is 4.68. The van der Waals surface area contributed by atoms with E-state index < -0.39 is 0 Å². The van der Waals surface area contributed by atoms with E-state index in [1.807, 2.05) is 12.4 Å². The van der Waals surface area contributed by atoms with Gasteiger partial charge in [0.05, 0.1) is 29.5 Å². The number of fused-ring (bicyclic) bond motifs is 1. The van der Waals surface area contributed by atoms with Crippen LogP contribution in [0.1, 0.15) is 38.3 Å². The second-order valence-corrected chi connectivity index (χ2v) is 8.80. The van der Waals surface area contributed by atoms with Crippen molar-refractivity contribution in [1.82, 2.24) is 24.7 Å². The van der Waals surface area contributed by atoms with E-state index in [-0.39, 0.29) is 5.41 Å². The van der Waals surface area contributed by atoms with Crippen LogP contribution in [-0.4, -0.2) is 38.5 Å². The highest BCUT2D eigenvalue weighted by atomic mass is 15.1. The molecule has 2 aliphatic carbocycles. The average Bonchev–Trinajstić information content (AvgIpc) is 3.54. The van der Waals surface area contributed by atoms with E-state index in [2.05, 4.69) is 56.3 Å². The summed E-state index contributed by atoms with van der Waals surface area (Å²) in [5, 5.41) is 7.20. The van der Waals surface area contributed by atoms with Gasteiger partial charge >= 0.3 is 0 Å². The Morgan fingerprint density at radius 3 is 2.85 bits per heavy atom. The minimum atomic E-state index is 0.237. The zero-order valence-electron chi connectivity index (χ0n) is 15.6. The number of imidazole rings is 1. The maximum absolute atomic E-state index is 4.91. The largest absolute Gasteiger partial charge is 0.365 e. The van der Waals surface area contributed by atoms with Crippen LogP contribution in [0.15, 0.2) is 36.8 Å². The van der Waals surface area contributed by atoms with Gasteiger partial charge in [-0.25, -0.2) is 9.97 Å². The van der Waals surface area contributed by atoms with Crippen molar-refractivity contribution in [3.05, 3.63) is 42.5 Å². The molecule has 4 heterocycles. The molecule has 3 aromatic rings. The van der Waals surface area contributed by atoms with Gasteiger partial charge in [0, 0.05) is 36.2 Å². The Labute approximate surface area is 158 Å². The van der Waals surface area contributed by atoms with E-state index in [0.29, 0.717) is 11.5 Å². The van der Waals surface area contributed by atoms with Crippen LogP contribution in [-0.2, 0) is 5.41 Å². The summed E-state index contributed by atoms with van der Waals surface area (Å²) in [6.07, 6.45) is 11.0. The van der Waals surface area contributed by atoms with Crippen molar-refractivity contribution in [2.75, 3.05) is 18.4 Å². The van der Waals surface area contributed by atoms with Crippen molar-refractivity contribution >= 4 is 11.5 Å². The topological polar surface area (TPSA) is 67.1 Å². The molecule has 0 aromatic carbocycles. The number of rotatable bonds is 4. The van der Waals surface area contributed by atoms with Gasteiger partial charge in [-0.15, -0.1) is 0 Å². The molecule has 0 unspecified atom stereocenters. The third kappa shape index (κ3) is 2.46. The lowest BCUT2D eigenvalue weighted by molar-refractivity contribution is 0.523. The van der Waals surface area contributed by atoms with Gasteiger partial charge in [-0.3, -0.25) is 9.38 Å². The quantitative estimate of drug-likeness (QED) is 0.749. The predicted octanol–water partition coefficient (Wildman–Crippen LogP) is 3.01. The zero-order valence-corrected chi connectivity index (χ0v) is 15.6. The highest BCUT2D eigenvalue weighted by Gasteiger charge is 2.52. The fraction of sp³-hybridized carbons (Fsp3) is 0.476. The van der Waals surface area contributed by atoms with Crippen LogP contribution < -0.4 is 10.6 Å². The normalized spacial score (nSPS) is 24.4. The van der Waals surface area contributed by atoms with E-state index in [9.17, 15) is 0 Å². The van der Waals surface area contributed by atoms with Crippen LogP contribution in [0.5, 0.6) is 0 Å². The third-order valence-electron chi connectivity index (χ3n) is 6.80. The predicted molar refractivity (Wildman–Crippen MR) is 105 cm³/mol. The first-order valence-corrected chi connectivity index (χ1v) is 9.94. The van der Waals surface area contributed by atoms with Crippen LogP contribution in [0.4, 0.5) is 5.82 Å². The first-order valence-electron chi connectivity index (χ1n) is 9.94. The SMILES string of the molecule is CC1(c2cn3c(-c4cccc(N[C@H]5CNCC56CC6)n4)cnc3cn2)CC1. The highest BCUT2D eigenvalue weighted by molar-refractivity contribution is 5.62. The second kappa shape index (κ2) is 5.29. The minimum Gasteiger partial charge on any atom is -0.365 e. The van der Waals surface area contributed by atoms with Crippen molar-refractivity contribution < 1.29 is 0 Å². The highest BCUT2D eigenvalue weighted by Crippen LogP contribution is 2.51. The number of aromatic nitrogens is 4. The van der Waals surface area contributed by atoms with Crippen molar-refractivity contribution in [1.29, 1.82) is 0 Å². The van der Waals surface area contributed by atoms with Gasteiger partial charge in [0.2, 0.25) is 0 Å². The number of hydrogen-bond acceptors (Lipinski definition) is 5. The van der Waals surface area contributed by atoms with Crippen molar-refractivity contribution in [2.45, 2.75) is 44.1 Å². The van der Waals surface area contributed by atoms with Gasteiger partial charge in [-0.1, -0.05) is 13.0 Å². The molecule has 3 aromatic heterocycles. The molecule has 1 spiro atoms.